The highest BCUT2D eigenvalue weighted by Gasteiger charge is 2.04. The monoisotopic (exact) mass is 267 g/mol. The quantitative estimate of drug-likeness (QED) is 0.574. The van der Waals surface area contributed by atoms with Crippen LogP contribution in [0.4, 0.5) is 0 Å². The second kappa shape index (κ2) is 8.37. The largest absolute Gasteiger partial charge is 0.497 e. The lowest BCUT2D eigenvalue weighted by Crippen LogP contribution is -2.17. The number of esters is 1. The Hall–Kier alpha value is -1.75. The molecule has 0 unspecified atom stereocenters. The van der Waals surface area contributed by atoms with Gasteiger partial charge in [0.2, 0.25) is 0 Å². The van der Waals surface area contributed by atoms with Crippen molar-refractivity contribution in [1.29, 1.82) is 0 Å². The van der Waals surface area contributed by atoms with Crippen molar-refractivity contribution in [1.82, 2.24) is 5.32 Å². The van der Waals surface area contributed by atoms with Gasteiger partial charge in [-0.2, -0.15) is 0 Å². The number of benzene rings is 1. The Morgan fingerprint density at radius 2 is 2.05 bits per heavy atom. The number of hydrogen-bond donors (Lipinski definition) is 1. The topological polar surface area (TPSA) is 56.8 Å². The van der Waals surface area contributed by atoms with E-state index in [2.05, 4.69) is 5.32 Å². The second-order valence-corrected chi connectivity index (χ2v) is 4.05. The molecule has 1 N–H and O–H groups in total. The van der Waals surface area contributed by atoms with Crippen LogP contribution in [-0.4, -0.2) is 33.3 Å². The van der Waals surface area contributed by atoms with Crippen LogP contribution in [-0.2, 0) is 16.1 Å². The number of nitrogens with one attached hydrogen (secondary N) is 1. The van der Waals surface area contributed by atoms with Crippen molar-refractivity contribution in [2.24, 2.45) is 0 Å². The van der Waals surface area contributed by atoms with E-state index in [-0.39, 0.29) is 5.97 Å². The molecule has 0 aliphatic rings. The van der Waals surface area contributed by atoms with Gasteiger partial charge in [0, 0.05) is 19.0 Å². The van der Waals surface area contributed by atoms with Crippen LogP contribution in [0, 0.1) is 0 Å². The van der Waals surface area contributed by atoms with Crippen molar-refractivity contribution >= 4 is 5.97 Å². The standard InChI is InChI=1S/C14H21NO4/c1-11(16)19-8-4-7-15-10-12-9-13(17-2)5-6-14(12)18-3/h5-6,9,15H,4,7-8,10H2,1-3H3. The molecule has 0 saturated carbocycles. The molecule has 0 saturated heterocycles. The molecule has 0 fully saturated rings. The number of hydrogen-bond acceptors (Lipinski definition) is 5. The minimum absolute atomic E-state index is 0.241. The minimum Gasteiger partial charge on any atom is -0.497 e. The number of rotatable bonds is 8. The van der Waals surface area contributed by atoms with Crippen LogP contribution in [0.15, 0.2) is 18.2 Å². The van der Waals surface area contributed by atoms with Gasteiger partial charge in [-0.05, 0) is 31.2 Å². The fourth-order valence-electron chi connectivity index (χ4n) is 1.66. The van der Waals surface area contributed by atoms with Gasteiger partial charge in [-0.3, -0.25) is 4.79 Å². The maximum Gasteiger partial charge on any atom is 0.302 e. The van der Waals surface area contributed by atoms with Crippen molar-refractivity contribution in [3.05, 3.63) is 23.8 Å². The maximum atomic E-state index is 10.6. The summed E-state index contributed by atoms with van der Waals surface area (Å²) in [5, 5.41) is 3.27. The van der Waals surface area contributed by atoms with Gasteiger partial charge in [0.25, 0.3) is 0 Å². The third-order valence-corrected chi connectivity index (χ3v) is 2.61. The van der Waals surface area contributed by atoms with Gasteiger partial charge in [-0.1, -0.05) is 0 Å². The lowest BCUT2D eigenvalue weighted by atomic mass is 10.2. The van der Waals surface area contributed by atoms with E-state index >= 15 is 0 Å². The fraction of sp³-hybridized carbons (Fsp3) is 0.500. The van der Waals surface area contributed by atoms with E-state index < -0.39 is 0 Å². The molecule has 106 valence electrons. The number of carbonyl (C=O) groups is 1. The Morgan fingerprint density at radius 3 is 2.68 bits per heavy atom. The highest BCUT2D eigenvalue weighted by molar-refractivity contribution is 5.65. The molecule has 0 spiro atoms. The van der Waals surface area contributed by atoms with Gasteiger partial charge in [0.15, 0.2) is 0 Å². The van der Waals surface area contributed by atoms with Gasteiger partial charge in [-0.25, -0.2) is 0 Å². The first-order valence-electron chi connectivity index (χ1n) is 6.22. The summed E-state index contributed by atoms with van der Waals surface area (Å²) >= 11 is 0. The normalized spacial score (nSPS) is 10.1. The number of carbonyl (C=O) groups excluding carboxylic acids is 1. The van der Waals surface area contributed by atoms with Crippen LogP contribution in [0.3, 0.4) is 0 Å². The van der Waals surface area contributed by atoms with Crippen LogP contribution < -0.4 is 14.8 Å². The molecule has 0 amide bonds. The lowest BCUT2D eigenvalue weighted by Gasteiger charge is -2.11. The average molecular weight is 267 g/mol. The summed E-state index contributed by atoms with van der Waals surface area (Å²) in [6.07, 6.45) is 0.784. The Kier molecular flexibility index (Phi) is 6.74. The zero-order valence-corrected chi connectivity index (χ0v) is 11.7. The number of methoxy groups -OCH3 is 2. The van der Waals surface area contributed by atoms with Crippen molar-refractivity contribution in [3.8, 4) is 11.5 Å². The van der Waals surface area contributed by atoms with Crippen LogP contribution in [0.1, 0.15) is 18.9 Å². The van der Waals surface area contributed by atoms with Gasteiger partial charge in [0.05, 0.1) is 20.8 Å². The molecular formula is C14H21NO4. The van der Waals surface area contributed by atoms with Crippen molar-refractivity contribution in [3.63, 3.8) is 0 Å². The molecule has 0 aliphatic carbocycles. The predicted molar refractivity (Wildman–Crippen MR) is 72.5 cm³/mol. The Bertz CT molecular complexity index is 406. The highest BCUT2D eigenvalue weighted by Crippen LogP contribution is 2.23. The minimum atomic E-state index is -0.241. The van der Waals surface area contributed by atoms with Gasteiger partial charge in [0.1, 0.15) is 11.5 Å². The van der Waals surface area contributed by atoms with E-state index in [0.717, 1.165) is 30.0 Å². The Labute approximate surface area is 113 Å². The molecule has 0 atom stereocenters. The summed E-state index contributed by atoms with van der Waals surface area (Å²) in [7, 11) is 3.28. The average Bonchev–Trinajstić information content (AvgIpc) is 2.42. The molecule has 1 rings (SSSR count). The van der Waals surface area contributed by atoms with Gasteiger partial charge >= 0.3 is 5.97 Å². The molecule has 1 aromatic rings. The second-order valence-electron chi connectivity index (χ2n) is 4.05. The SMILES string of the molecule is COc1ccc(OC)c(CNCCCOC(C)=O)c1. The molecule has 5 nitrogen and oxygen atoms in total. The fourth-order valence-corrected chi connectivity index (χ4v) is 1.66. The summed E-state index contributed by atoms with van der Waals surface area (Å²) in [4.78, 5) is 10.6. The third-order valence-electron chi connectivity index (χ3n) is 2.61. The summed E-state index contributed by atoms with van der Waals surface area (Å²) in [6, 6.07) is 5.69. The van der Waals surface area contributed by atoms with Crippen LogP contribution >= 0.6 is 0 Å². The Balaban J connectivity index is 2.37. The van der Waals surface area contributed by atoms with E-state index in [4.69, 9.17) is 14.2 Å². The molecule has 0 bridgehead atoms. The molecule has 19 heavy (non-hydrogen) atoms. The summed E-state index contributed by atoms with van der Waals surface area (Å²) in [5.74, 6) is 1.39. The first kappa shape index (κ1) is 15.3. The predicted octanol–water partition coefficient (Wildman–Crippen LogP) is 1.75. The summed E-state index contributed by atoms with van der Waals surface area (Å²) < 4.78 is 15.3. The van der Waals surface area contributed by atoms with Gasteiger partial charge < -0.3 is 19.5 Å². The van der Waals surface area contributed by atoms with E-state index in [0.29, 0.717) is 13.2 Å². The molecule has 1 aromatic carbocycles. The van der Waals surface area contributed by atoms with Crippen molar-refractivity contribution < 1.29 is 19.0 Å². The Morgan fingerprint density at radius 1 is 1.26 bits per heavy atom. The molecule has 0 radical (unpaired) electrons. The van der Waals surface area contributed by atoms with Crippen molar-refractivity contribution in [2.75, 3.05) is 27.4 Å². The van der Waals surface area contributed by atoms with Crippen LogP contribution in [0.25, 0.3) is 0 Å². The zero-order chi connectivity index (χ0) is 14.1. The zero-order valence-electron chi connectivity index (χ0n) is 11.7. The summed E-state index contributed by atoms with van der Waals surface area (Å²) in [6.45, 7) is 3.31. The molecule has 0 aromatic heterocycles. The molecule has 5 heteroatoms. The first-order chi connectivity index (χ1) is 9.17. The van der Waals surface area contributed by atoms with Crippen molar-refractivity contribution in [2.45, 2.75) is 19.9 Å². The molecule has 0 heterocycles. The van der Waals surface area contributed by atoms with E-state index in [9.17, 15) is 4.79 Å². The smallest absolute Gasteiger partial charge is 0.302 e. The van der Waals surface area contributed by atoms with E-state index in [1.165, 1.54) is 6.92 Å². The summed E-state index contributed by atoms with van der Waals surface area (Å²) in [5.41, 5.74) is 1.04. The van der Waals surface area contributed by atoms with Crippen LogP contribution in [0.2, 0.25) is 0 Å². The van der Waals surface area contributed by atoms with E-state index in [1.807, 2.05) is 18.2 Å². The highest BCUT2D eigenvalue weighted by atomic mass is 16.5. The van der Waals surface area contributed by atoms with Gasteiger partial charge in [-0.15, -0.1) is 0 Å². The first-order valence-corrected chi connectivity index (χ1v) is 6.22. The lowest BCUT2D eigenvalue weighted by molar-refractivity contribution is -0.141. The third kappa shape index (κ3) is 5.61. The van der Waals surface area contributed by atoms with E-state index in [1.54, 1.807) is 14.2 Å². The molecular weight excluding hydrogens is 246 g/mol. The number of ether oxygens (including phenoxy) is 3. The van der Waals surface area contributed by atoms with Crippen LogP contribution in [0.5, 0.6) is 11.5 Å². The molecule has 0 aliphatic heterocycles. The maximum absolute atomic E-state index is 10.6.